The number of phosphoric acid groups is 2. The van der Waals surface area contributed by atoms with Crippen molar-refractivity contribution < 1.29 is 80.2 Å². The van der Waals surface area contributed by atoms with Crippen LogP contribution < -0.4 is 0 Å². The molecular weight excluding hydrogens is 1230 g/mol. The number of phosphoric ester groups is 2. The smallest absolute Gasteiger partial charge is 0.462 e. The largest absolute Gasteiger partial charge is 0.472 e. The average Bonchev–Trinajstić information content (AvgIpc) is 1.20. The van der Waals surface area contributed by atoms with Crippen LogP contribution in [0.4, 0.5) is 0 Å². The molecule has 17 nitrogen and oxygen atoms in total. The minimum atomic E-state index is -4.96. The Hall–Kier alpha value is -1.94. The SMILES string of the molecule is CCCCCCCCCCCCCCCCCCC(=O)OC[C@H](COP(=O)(O)OC[C@@H](O)COP(=O)(O)OC[C@@H](COC(=O)CCCCCCCCCC(C)C)OC(=O)CCCCCCCCCC(C)C)OC(=O)CCCCCCCCCCCCCCCCCC(C)C. The number of rotatable bonds is 73. The molecule has 0 spiro atoms. The summed E-state index contributed by atoms with van der Waals surface area (Å²) in [5.41, 5.74) is 0. The monoisotopic (exact) mass is 1380 g/mol. The van der Waals surface area contributed by atoms with Crippen molar-refractivity contribution in [2.45, 2.75) is 401 Å². The molecule has 0 aliphatic carbocycles. The van der Waals surface area contributed by atoms with Crippen LogP contribution in [0.5, 0.6) is 0 Å². The molecule has 0 heterocycles. The van der Waals surface area contributed by atoms with E-state index in [4.69, 9.17) is 37.0 Å². The third-order valence-electron chi connectivity index (χ3n) is 17.4. The fourth-order valence-corrected chi connectivity index (χ4v) is 13.0. The van der Waals surface area contributed by atoms with Gasteiger partial charge in [0, 0.05) is 25.7 Å². The number of ether oxygens (including phenoxy) is 4. The van der Waals surface area contributed by atoms with Crippen molar-refractivity contribution in [3.8, 4) is 0 Å². The molecule has 0 fully saturated rings. The predicted molar refractivity (Wildman–Crippen MR) is 381 cm³/mol. The topological polar surface area (TPSA) is 237 Å². The average molecular weight is 1380 g/mol. The van der Waals surface area contributed by atoms with Crippen molar-refractivity contribution in [1.82, 2.24) is 0 Å². The second kappa shape index (κ2) is 65.7. The predicted octanol–water partition coefficient (Wildman–Crippen LogP) is 21.8. The number of hydrogen-bond donors (Lipinski definition) is 3. The van der Waals surface area contributed by atoms with E-state index in [-0.39, 0.29) is 25.7 Å². The van der Waals surface area contributed by atoms with E-state index < -0.39 is 97.5 Å². The van der Waals surface area contributed by atoms with Gasteiger partial charge in [-0.1, -0.05) is 331 Å². The molecule has 0 aliphatic heterocycles. The number of aliphatic hydroxyl groups excluding tert-OH is 1. The van der Waals surface area contributed by atoms with Crippen LogP contribution in [0.2, 0.25) is 0 Å². The summed E-state index contributed by atoms with van der Waals surface area (Å²) in [6.07, 6.45) is 51.6. The van der Waals surface area contributed by atoms with Crippen molar-refractivity contribution in [3.05, 3.63) is 0 Å². The quantitative estimate of drug-likeness (QED) is 0.0222. The zero-order chi connectivity index (χ0) is 69.4. The van der Waals surface area contributed by atoms with Gasteiger partial charge in [-0.2, -0.15) is 0 Å². The van der Waals surface area contributed by atoms with Gasteiger partial charge in [-0.05, 0) is 43.4 Å². The number of hydrogen-bond acceptors (Lipinski definition) is 15. The lowest BCUT2D eigenvalue weighted by atomic mass is 10.0. The summed E-state index contributed by atoms with van der Waals surface area (Å²) in [6, 6.07) is 0. The maximum Gasteiger partial charge on any atom is 0.472 e. The zero-order valence-corrected chi connectivity index (χ0v) is 63.2. The van der Waals surface area contributed by atoms with Gasteiger partial charge in [-0.15, -0.1) is 0 Å². The van der Waals surface area contributed by atoms with Crippen LogP contribution >= 0.6 is 15.6 Å². The van der Waals surface area contributed by atoms with Crippen molar-refractivity contribution in [2.75, 3.05) is 39.6 Å². The van der Waals surface area contributed by atoms with Crippen LogP contribution in [-0.4, -0.2) is 96.7 Å². The first-order valence-corrected chi connectivity index (χ1v) is 41.8. The van der Waals surface area contributed by atoms with Crippen LogP contribution in [-0.2, 0) is 65.4 Å². The summed E-state index contributed by atoms with van der Waals surface area (Å²) in [4.78, 5) is 72.7. The normalized spacial score (nSPS) is 14.1. The Morgan fingerprint density at radius 1 is 0.287 bits per heavy atom. The molecule has 94 heavy (non-hydrogen) atoms. The van der Waals surface area contributed by atoms with Crippen molar-refractivity contribution in [2.24, 2.45) is 17.8 Å². The molecular formula is C75H146O17P2. The van der Waals surface area contributed by atoms with Gasteiger partial charge in [-0.3, -0.25) is 37.3 Å². The lowest BCUT2D eigenvalue weighted by Crippen LogP contribution is -2.30. The summed E-state index contributed by atoms with van der Waals surface area (Å²) >= 11 is 0. The Bertz CT molecular complexity index is 1840. The summed E-state index contributed by atoms with van der Waals surface area (Å²) in [6.45, 7) is 11.8. The van der Waals surface area contributed by atoms with Gasteiger partial charge in [0.25, 0.3) is 0 Å². The molecule has 0 aromatic heterocycles. The van der Waals surface area contributed by atoms with Gasteiger partial charge < -0.3 is 33.8 Å². The van der Waals surface area contributed by atoms with E-state index in [0.29, 0.717) is 37.5 Å². The van der Waals surface area contributed by atoms with Gasteiger partial charge in [0.05, 0.1) is 26.4 Å². The number of aliphatic hydroxyl groups is 1. The maximum absolute atomic E-state index is 13.1. The van der Waals surface area contributed by atoms with E-state index in [1.807, 2.05) is 0 Å². The number of esters is 4. The van der Waals surface area contributed by atoms with Gasteiger partial charge >= 0.3 is 39.5 Å². The molecule has 19 heteroatoms. The lowest BCUT2D eigenvalue weighted by Gasteiger charge is -2.21. The van der Waals surface area contributed by atoms with Crippen LogP contribution in [0.3, 0.4) is 0 Å². The highest BCUT2D eigenvalue weighted by molar-refractivity contribution is 7.47. The fraction of sp³-hybridized carbons (Fsp3) is 0.947. The first-order chi connectivity index (χ1) is 45.2. The first kappa shape index (κ1) is 92.1. The Labute approximate surface area is 575 Å². The molecule has 0 saturated heterocycles. The number of unbranched alkanes of at least 4 members (excludes halogenated alkanes) is 41. The van der Waals surface area contributed by atoms with Gasteiger partial charge in [0.1, 0.15) is 19.3 Å². The summed E-state index contributed by atoms with van der Waals surface area (Å²) in [5.74, 6) is 0.0813. The second-order valence-electron chi connectivity index (χ2n) is 28.5. The van der Waals surface area contributed by atoms with Crippen molar-refractivity contribution in [1.29, 1.82) is 0 Å². The number of carbonyl (C=O) groups excluding carboxylic acids is 4. The Kier molecular flexibility index (Phi) is 64.3. The minimum absolute atomic E-state index is 0.103. The van der Waals surface area contributed by atoms with E-state index in [2.05, 4.69) is 48.5 Å². The van der Waals surface area contributed by atoms with Gasteiger partial charge in [-0.25, -0.2) is 9.13 Å². The first-order valence-electron chi connectivity index (χ1n) is 38.8. The second-order valence-corrected chi connectivity index (χ2v) is 31.4. The number of carbonyl (C=O) groups is 4. The molecule has 0 saturated carbocycles. The van der Waals surface area contributed by atoms with E-state index in [1.165, 1.54) is 186 Å². The molecule has 558 valence electrons. The van der Waals surface area contributed by atoms with E-state index in [0.717, 1.165) is 102 Å². The lowest BCUT2D eigenvalue weighted by molar-refractivity contribution is -0.161. The molecule has 2 unspecified atom stereocenters. The molecule has 3 N–H and O–H groups in total. The Balaban J connectivity index is 5.22. The van der Waals surface area contributed by atoms with Crippen molar-refractivity contribution >= 4 is 39.5 Å². The van der Waals surface area contributed by atoms with Crippen LogP contribution in [0.25, 0.3) is 0 Å². The zero-order valence-electron chi connectivity index (χ0n) is 61.4. The maximum atomic E-state index is 13.1. The summed E-state index contributed by atoms with van der Waals surface area (Å²) in [5, 5.41) is 10.6. The highest BCUT2D eigenvalue weighted by atomic mass is 31.2. The molecule has 0 rings (SSSR count). The molecule has 0 amide bonds. The highest BCUT2D eigenvalue weighted by Crippen LogP contribution is 2.45. The van der Waals surface area contributed by atoms with E-state index in [1.54, 1.807) is 0 Å². The molecule has 0 aromatic rings. The van der Waals surface area contributed by atoms with Crippen LogP contribution in [0.15, 0.2) is 0 Å². The third-order valence-corrected chi connectivity index (χ3v) is 19.3. The molecule has 0 aromatic carbocycles. The standard InChI is InChI=1S/C75H146O17P2/c1-8-9-10-11-12-13-14-15-16-19-22-25-28-35-42-49-56-72(77)85-62-70(91-74(79)58-51-44-36-29-26-23-20-17-18-21-24-27-32-39-46-53-66(2)3)64-89-93(81,82)87-60-69(76)61-88-94(83,84)90-65-71(92-75(80)59-52-45-38-31-34-41-48-55-68(6)7)63-86-73(78)57-50-43-37-30-33-40-47-54-67(4)5/h66-71,76H,8-65H2,1-7H3,(H,81,82)(H,83,84)/t69-,70-,71-/m1/s1. The van der Waals surface area contributed by atoms with Gasteiger partial charge in [0.15, 0.2) is 12.2 Å². The fourth-order valence-electron chi connectivity index (χ4n) is 11.4. The molecule has 0 radical (unpaired) electrons. The van der Waals surface area contributed by atoms with E-state index in [9.17, 15) is 43.2 Å². The van der Waals surface area contributed by atoms with Crippen LogP contribution in [0, 0.1) is 17.8 Å². The molecule has 5 atom stereocenters. The Morgan fingerprint density at radius 3 is 0.723 bits per heavy atom. The summed E-state index contributed by atoms with van der Waals surface area (Å²) < 4.78 is 68.4. The summed E-state index contributed by atoms with van der Waals surface area (Å²) in [7, 11) is -9.91. The van der Waals surface area contributed by atoms with Crippen LogP contribution in [0.1, 0.15) is 382 Å². The highest BCUT2D eigenvalue weighted by Gasteiger charge is 2.30. The van der Waals surface area contributed by atoms with Gasteiger partial charge in [0.2, 0.25) is 0 Å². The molecule has 0 aliphatic rings. The Morgan fingerprint density at radius 2 is 0.489 bits per heavy atom. The molecule has 0 bridgehead atoms. The third kappa shape index (κ3) is 68.6. The minimum Gasteiger partial charge on any atom is -0.462 e. The van der Waals surface area contributed by atoms with Crippen molar-refractivity contribution in [3.63, 3.8) is 0 Å². The van der Waals surface area contributed by atoms with E-state index >= 15 is 0 Å².